The van der Waals surface area contributed by atoms with Crippen LogP contribution in [0.1, 0.15) is 39.7 Å². The Kier molecular flexibility index (Phi) is 7.11. The minimum atomic E-state index is -0.492. The number of carbonyl (C=O) groups excluding carboxylic acids is 1. The van der Waals surface area contributed by atoms with E-state index >= 15 is 0 Å². The molecule has 0 aliphatic heterocycles. The number of nitro benzene ring substituents is 1. The number of hydrogen-bond donors (Lipinski definition) is 1. The summed E-state index contributed by atoms with van der Waals surface area (Å²) in [4.78, 5) is 23.0. The molecule has 0 spiro atoms. The van der Waals surface area contributed by atoms with Crippen LogP contribution in [0.5, 0.6) is 5.75 Å². The second kappa shape index (κ2) is 9.78. The zero-order valence-electron chi connectivity index (χ0n) is 17.5. The molecule has 0 radical (unpaired) electrons. The van der Waals surface area contributed by atoms with E-state index in [1.165, 1.54) is 6.07 Å². The highest BCUT2D eigenvalue weighted by atomic mass is 79.9. The normalized spacial score (nSPS) is 10.8. The van der Waals surface area contributed by atoms with Crippen molar-refractivity contribution in [1.29, 1.82) is 0 Å². The lowest BCUT2D eigenvalue weighted by atomic mass is 10.2. The van der Waals surface area contributed by atoms with Gasteiger partial charge in [0.05, 0.1) is 15.1 Å². The third-order valence-corrected chi connectivity index (χ3v) is 5.84. The van der Waals surface area contributed by atoms with Crippen molar-refractivity contribution in [1.82, 2.24) is 15.1 Å². The maximum atomic E-state index is 12.3. The van der Waals surface area contributed by atoms with E-state index in [-0.39, 0.29) is 29.7 Å². The Hall–Kier alpha value is -3.14. The van der Waals surface area contributed by atoms with E-state index in [0.29, 0.717) is 25.3 Å². The van der Waals surface area contributed by atoms with Gasteiger partial charge in [-0.05, 0) is 66.9 Å². The maximum Gasteiger partial charge on any atom is 0.311 e. The number of carbonyl (C=O) groups is 1. The summed E-state index contributed by atoms with van der Waals surface area (Å²) in [5, 5.41) is 18.4. The van der Waals surface area contributed by atoms with E-state index < -0.39 is 4.92 Å². The van der Waals surface area contributed by atoms with Crippen LogP contribution in [0.4, 0.5) is 5.69 Å². The van der Waals surface area contributed by atoms with Crippen LogP contribution in [0.25, 0.3) is 0 Å². The van der Waals surface area contributed by atoms with Crippen LogP contribution in [-0.4, -0.2) is 27.2 Å². The zero-order chi connectivity index (χ0) is 22.5. The number of nitro groups is 1. The maximum absolute atomic E-state index is 12.3. The van der Waals surface area contributed by atoms with Crippen LogP contribution in [-0.2, 0) is 13.2 Å². The minimum absolute atomic E-state index is 0.0238. The number of rotatable bonds is 9. The molecular weight excluding hydrogens is 468 g/mol. The summed E-state index contributed by atoms with van der Waals surface area (Å²) in [6.07, 6.45) is 0.716. The van der Waals surface area contributed by atoms with E-state index in [1.807, 2.05) is 18.5 Å². The van der Waals surface area contributed by atoms with Gasteiger partial charge < -0.3 is 14.5 Å². The van der Waals surface area contributed by atoms with Gasteiger partial charge in [0.15, 0.2) is 11.5 Å². The number of hydrogen-bond acceptors (Lipinski definition) is 6. The smallest absolute Gasteiger partial charge is 0.311 e. The van der Waals surface area contributed by atoms with E-state index in [2.05, 4.69) is 26.3 Å². The van der Waals surface area contributed by atoms with Crippen molar-refractivity contribution in [3.8, 4) is 5.75 Å². The number of amides is 1. The average molecular weight is 491 g/mol. The fourth-order valence-electron chi connectivity index (χ4n) is 3.03. The van der Waals surface area contributed by atoms with Crippen molar-refractivity contribution < 1.29 is 18.9 Å². The van der Waals surface area contributed by atoms with Gasteiger partial charge in [-0.2, -0.15) is 5.10 Å². The van der Waals surface area contributed by atoms with Crippen molar-refractivity contribution in [3.63, 3.8) is 0 Å². The van der Waals surface area contributed by atoms with Gasteiger partial charge in [0, 0.05) is 24.8 Å². The second-order valence-corrected chi connectivity index (χ2v) is 7.89. The molecule has 1 N–H and O–H groups in total. The third kappa shape index (κ3) is 5.52. The fourth-order valence-corrected chi connectivity index (χ4v) is 3.31. The van der Waals surface area contributed by atoms with Crippen molar-refractivity contribution in [3.05, 3.63) is 73.4 Å². The van der Waals surface area contributed by atoms with E-state index in [9.17, 15) is 14.9 Å². The number of aromatic nitrogens is 2. The molecule has 0 bridgehead atoms. The molecule has 31 heavy (non-hydrogen) atoms. The molecule has 10 heteroatoms. The van der Waals surface area contributed by atoms with Gasteiger partial charge in [-0.3, -0.25) is 19.6 Å². The topological polar surface area (TPSA) is 112 Å². The summed E-state index contributed by atoms with van der Waals surface area (Å²) in [6, 6.07) is 7.89. The predicted octanol–water partition coefficient (Wildman–Crippen LogP) is 4.47. The summed E-state index contributed by atoms with van der Waals surface area (Å²) in [7, 11) is 0. The molecule has 1 amide bonds. The lowest BCUT2D eigenvalue weighted by Crippen LogP contribution is -2.25. The number of halogens is 1. The molecule has 3 aromatic rings. The molecule has 2 aromatic heterocycles. The zero-order valence-corrected chi connectivity index (χ0v) is 19.1. The van der Waals surface area contributed by atoms with Crippen LogP contribution in [0.2, 0.25) is 0 Å². The Morgan fingerprint density at radius 3 is 2.74 bits per heavy atom. The van der Waals surface area contributed by atoms with Gasteiger partial charge in [-0.1, -0.05) is 6.07 Å². The fraction of sp³-hybridized carbons (Fsp3) is 0.333. The van der Waals surface area contributed by atoms with Gasteiger partial charge in [-0.25, -0.2) is 0 Å². The van der Waals surface area contributed by atoms with Crippen molar-refractivity contribution in [2.24, 2.45) is 0 Å². The Bertz CT molecular complexity index is 1110. The van der Waals surface area contributed by atoms with Crippen LogP contribution in [0.3, 0.4) is 0 Å². The minimum Gasteiger partial charge on any atom is -0.479 e. The van der Waals surface area contributed by atoms with Gasteiger partial charge >= 0.3 is 5.69 Å². The van der Waals surface area contributed by atoms with E-state index in [0.717, 1.165) is 21.4 Å². The number of furan rings is 1. The SMILES string of the molecule is Cc1ccc(OCc2ccc(C(=O)NCCCn3nc(C)c(Br)c3C)o2)c([N+](=O)[O-])c1. The number of aryl methyl sites for hydroxylation is 3. The van der Waals surface area contributed by atoms with Crippen molar-refractivity contribution in [2.75, 3.05) is 6.54 Å². The largest absolute Gasteiger partial charge is 0.479 e. The van der Waals surface area contributed by atoms with E-state index in [4.69, 9.17) is 9.15 Å². The number of ether oxygens (including phenoxy) is 1. The summed E-state index contributed by atoms with van der Waals surface area (Å²) in [5.74, 6) is 0.370. The van der Waals surface area contributed by atoms with E-state index in [1.54, 1.807) is 31.2 Å². The second-order valence-electron chi connectivity index (χ2n) is 7.10. The molecule has 1 aromatic carbocycles. The highest BCUT2D eigenvalue weighted by Gasteiger charge is 2.17. The number of nitrogens with one attached hydrogen (secondary N) is 1. The predicted molar refractivity (Wildman–Crippen MR) is 117 cm³/mol. The van der Waals surface area contributed by atoms with Gasteiger partial charge in [0.25, 0.3) is 5.91 Å². The van der Waals surface area contributed by atoms with Crippen LogP contribution >= 0.6 is 15.9 Å². The molecule has 0 aliphatic rings. The lowest BCUT2D eigenvalue weighted by molar-refractivity contribution is -0.386. The highest BCUT2D eigenvalue weighted by Crippen LogP contribution is 2.28. The summed E-state index contributed by atoms with van der Waals surface area (Å²) in [6.45, 7) is 6.82. The molecule has 0 atom stereocenters. The molecule has 0 saturated carbocycles. The summed E-state index contributed by atoms with van der Waals surface area (Å²) >= 11 is 3.50. The average Bonchev–Trinajstić information content (AvgIpc) is 3.31. The first-order valence-corrected chi connectivity index (χ1v) is 10.5. The van der Waals surface area contributed by atoms with Crippen molar-refractivity contribution >= 4 is 27.5 Å². The molecule has 0 fully saturated rings. The van der Waals surface area contributed by atoms with Crippen molar-refractivity contribution in [2.45, 2.75) is 40.3 Å². The van der Waals surface area contributed by atoms with Gasteiger partial charge in [0.2, 0.25) is 0 Å². The Morgan fingerprint density at radius 1 is 1.29 bits per heavy atom. The number of benzene rings is 1. The first-order valence-electron chi connectivity index (χ1n) is 9.70. The highest BCUT2D eigenvalue weighted by molar-refractivity contribution is 9.10. The standard InChI is InChI=1S/C21H23BrN4O5/c1-13-5-7-18(17(11-13)26(28)29)30-12-16-6-8-19(31-16)21(27)23-9-4-10-25-15(3)20(22)14(2)24-25/h5-8,11H,4,9-10,12H2,1-3H3,(H,23,27). The Labute approximate surface area is 187 Å². The first-order chi connectivity index (χ1) is 14.8. The molecule has 0 saturated heterocycles. The molecule has 0 unspecified atom stereocenters. The molecule has 9 nitrogen and oxygen atoms in total. The monoisotopic (exact) mass is 490 g/mol. The first kappa shape index (κ1) is 22.5. The van der Waals surface area contributed by atoms with Crippen LogP contribution in [0, 0.1) is 30.9 Å². The molecule has 0 aliphatic carbocycles. The molecule has 3 rings (SSSR count). The third-order valence-electron chi connectivity index (χ3n) is 4.69. The quantitative estimate of drug-likeness (QED) is 0.269. The Balaban J connectivity index is 1.49. The molecule has 2 heterocycles. The Morgan fingerprint density at radius 2 is 2.06 bits per heavy atom. The van der Waals surface area contributed by atoms with Crippen LogP contribution in [0.15, 0.2) is 39.2 Å². The summed E-state index contributed by atoms with van der Waals surface area (Å²) < 4.78 is 13.9. The molecule has 164 valence electrons. The summed E-state index contributed by atoms with van der Waals surface area (Å²) in [5.41, 5.74) is 2.64. The van der Waals surface area contributed by atoms with Gasteiger partial charge in [-0.15, -0.1) is 0 Å². The molecular formula is C21H23BrN4O5. The van der Waals surface area contributed by atoms with Gasteiger partial charge in [0.1, 0.15) is 12.4 Å². The lowest BCUT2D eigenvalue weighted by Gasteiger charge is -2.06. The number of nitrogens with zero attached hydrogens (tertiary/aromatic N) is 3. The van der Waals surface area contributed by atoms with Crippen LogP contribution < -0.4 is 10.1 Å².